The number of hydrogen-bond acceptors (Lipinski definition) is 4. The van der Waals surface area contributed by atoms with E-state index in [-0.39, 0.29) is 30.0 Å². The summed E-state index contributed by atoms with van der Waals surface area (Å²) < 4.78 is 75.6. The van der Waals surface area contributed by atoms with E-state index >= 15 is 0 Å². The molecule has 0 aliphatic carbocycles. The molecule has 3 aromatic carbocycles. The fraction of sp³-hybridized carbons (Fsp3) is 0.182. The minimum Gasteiger partial charge on any atom is -0.457 e. The molecule has 0 heterocycles. The van der Waals surface area contributed by atoms with Crippen LogP contribution in [-0.4, -0.2) is 0 Å². The van der Waals surface area contributed by atoms with E-state index in [0.717, 1.165) is 12.1 Å². The second-order valence-electron chi connectivity index (χ2n) is 6.57. The Balaban J connectivity index is 1.76. The molecule has 0 fully saturated rings. The minimum absolute atomic E-state index is 0.0207. The lowest BCUT2D eigenvalue weighted by atomic mass is 10.1. The van der Waals surface area contributed by atoms with Gasteiger partial charge in [-0.15, -0.1) is 0 Å². The van der Waals surface area contributed by atoms with Crippen molar-refractivity contribution in [2.45, 2.75) is 25.7 Å². The Labute approximate surface area is 175 Å². The van der Waals surface area contributed by atoms with Crippen molar-refractivity contribution in [2.24, 2.45) is 11.5 Å². The van der Waals surface area contributed by atoms with Crippen LogP contribution in [0, 0.1) is 0 Å². The maximum atomic E-state index is 12.9. The first-order chi connectivity index (χ1) is 14.7. The quantitative estimate of drug-likeness (QED) is 0.435. The minimum atomic E-state index is -4.47. The SMILES string of the molecule is NCc1cc(C(F)F)ccc1Oc1ccc(Oc2ccc(C(F)(F)F)cc2CN)cc1. The molecule has 0 amide bonds. The molecule has 164 valence electrons. The summed E-state index contributed by atoms with van der Waals surface area (Å²) in [5, 5.41) is 0. The molecule has 0 unspecified atom stereocenters. The summed E-state index contributed by atoms with van der Waals surface area (Å²) in [6, 6.07) is 13.3. The Bertz CT molecular complexity index is 1040. The second kappa shape index (κ2) is 9.32. The highest BCUT2D eigenvalue weighted by Gasteiger charge is 2.31. The van der Waals surface area contributed by atoms with Gasteiger partial charge in [-0.3, -0.25) is 0 Å². The monoisotopic (exact) mass is 438 g/mol. The molecule has 9 heteroatoms. The highest BCUT2D eigenvalue weighted by atomic mass is 19.4. The lowest BCUT2D eigenvalue weighted by Crippen LogP contribution is -2.08. The van der Waals surface area contributed by atoms with Crippen LogP contribution in [0.25, 0.3) is 0 Å². The summed E-state index contributed by atoms with van der Waals surface area (Å²) in [5.74, 6) is 1.30. The largest absolute Gasteiger partial charge is 0.457 e. The molecule has 0 aliphatic heterocycles. The van der Waals surface area contributed by atoms with Crippen LogP contribution in [0.2, 0.25) is 0 Å². The van der Waals surface area contributed by atoms with Crippen LogP contribution in [0.3, 0.4) is 0 Å². The molecule has 0 aromatic heterocycles. The summed E-state index contributed by atoms with van der Waals surface area (Å²) in [4.78, 5) is 0. The Morgan fingerprint density at radius 1 is 0.710 bits per heavy atom. The molecule has 31 heavy (non-hydrogen) atoms. The van der Waals surface area contributed by atoms with E-state index in [0.29, 0.717) is 22.8 Å². The Morgan fingerprint density at radius 2 is 1.19 bits per heavy atom. The number of rotatable bonds is 7. The third-order valence-corrected chi connectivity index (χ3v) is 4.44. The summed E-state index contributed by atoms with van der Waals surface area (Å²) in [7, 11) is 0. The van der Waals surface area contributed by atoms with Crippen LogP contribution in [-0.2, 0) is 19.3 Å². The van der Waals surface area contributed by atoms with Gasteiger partial charge in [0.05, 0.1) is 5.56 Å². The van der Waals surface area contributed by atoms with Crippen molar-refractivity contribution >= 4 is 0 Å². The van der Waals surface area contributed by atoms with Crippen molar-refractivity contribution in [3.8, 4) is 23.0 Å². The average molecular weight is 438 g/mol. The maximum absolute atomic E-state index is 12.9. The van der Waals surface area contributed by atoms with E-state index in [1.54, 1.807) is 24.3 Å². The van der Waals surface area contributed by atoms with Crippen molar-refractivity contribution in [1.82, 2.24) is 0 Å². The van der Waals surface area contributed by atoms with Gasteiger partial charge < -0.3 is 20.9 Å². The topological polar surface area (TPSA) is 70.5 Å². The molecule has 4 nitrogen and oxygen atoms in total. The number of ether oxygens (including phenoxy) is 2. The third-order valence-electron chi connectivity index (χ3n) is 4.44. The first-order valence-electron chi connectivity index (χ1n) is 9.18. The van der Waals surface area contributed by atoms with Gasteiger partial charge in [-0.2, -0.15) is 13.2 Å². The van der Waals surface area contributed by atoms with Crippen molar-refractivity contribution in [3.63, 3.8) is 0 Å². The molecule has 0 atom stereocenters. The van der Waals surface area contributed by atoms with Gasteiger partial charge in [0.25, 0.3) is 6.43 Å². The van der Waals surface area contributed by atoms with E-state index in [9.17, 15) is 22.0 Å². The number of benzene rings is 3. The van der Waals surface area contributed by atoms with Crippen LogP contribution >= 0.6 is 0 Å². The van der Waals surface area contributed by atoms with Crippen molar-refractivity contribution in [2.75, 3.05) is 0 Å². The van der Waals surface area contributed by atoms with Gasteiger partial charge in [-0.05, 0) is 60.7 Å². The van der Waals surface area contributed by atoms with Gasteiger partial charge in [-0.1, -0.05) is 0 Å². The van der Waals surface area contributed by atoms with Gasteiger partial charge >= 0.3 is 6.18 Å². The molecule has 3 aromatic rings. The fourth-order valence-corrected chi connectivity index (χ4v) is 2.84. The van der Waals surface area contributed by atoms with Crippen LogP contribution in [0.4, 0.5) is 22.0 Å². The van der Waals surface area contributed by atoms with Gasteiger partial charge in [0.15, 0.2) is 0 Å². The zero-order valence-electron chi connectivity index (χ0n) is 16.1. The molecular formula is C22H19F5N2O2. The number of nitrogens with two attached hydrogens (primary N) is 2. The Kier molecular flexibility index (Phi) is 6.77. The van der Waals surface area contributed by atoms with Gasteiger partial charge in [0, 0.05) is 29.8 Å². The van der Waals surface area contributed by atoms with E-state index in [4.69, 9.17) is 20.9 Å². The molecule has 0 radical (unpaired) electrons. The highest BCUT2D eigenvalue weighted by Crippen LogP contribution is 2.35. The van der Waals surface area contributed by atoms with Crippen LogP contribution in [0.15, 0.2) is 60.7 Å². The number of hydrogen-bond donors (Lipinski definition) is 2. The molecule has 0 bridgehead atoms. The molecule has 3 rings (SSSR count). The number of alkyl halides is 5. The van der Waals surface area contributed by atoms with Gasteiger partial charge in [0.1, 0.15) is 23.0 Å². The molecule has 4 N–H and O–H groups in total. The zero-order chi connectivity index (χ0) is 22.6. The van der Waals surface area contributed by atoms with E-state index in [1.807, 2.05) is 0 Å². The van der Waals surface area contributed by atoms with Gasteiger partial charge in [0.2, 0.25) is 0 Å². The van der Waals surface area contributed by atoms with E-state index in [1.165, 1.54) is 24.3 Å². The molecule has 0 spiro atoms. The molecule has 0 saturated carbocycles. The molecule has 0 aliphatic rings. The van der Waals surface area contributed by atoms with E-state index < -0.39 is 18.2 Å². The van der Waals surface area contributed by atoms with Crippen LogP contribution < -0.4 is 20.9 Å². The van der Waals surface area contributed by atoms with Crippen molar-refractivity contribution in [1.29, 1.82) is 0 Å². The number of halogens is 5. The average Bonchev–Trinajstić information content (AvgIpc) is 2.74. The highest BCUT2D eigenvalue weighted by molar-refractivity contribution is 5.44. The first-order valence-corrected chi connectivity index (χ1v) is 9.18. The lowest BCUT2D eigenvalue weighted by Gasteiger charge is -2.14. The Hall–Kier alpha value is -3.17. The maximum Gasteiger partial charge on any atom is 0.416 e. The standard InChI is InChI=1S/C22H19F5N2O2/c23-21(24)13-1-7-19(14(9-13)11-28)30-17-3-5-18(6-4-17)31-20-8-2-16(22(25,26)27)10-15(20)12-29/h1-10,21H,11-12,28-29H2. The second-order valence-corrected chi connectivity index (χ2v) is 6.57. The zero-order valence-corrected chi connectivity index (χ0v) is 16.1. The Morgan fingerprint density at radius 3 is 1.65 bits per heavy atom. The predicted molar refractivity (Wildman–Crippen MR) is 105 cm³/mol. The predicted octanol–water partition coefficient (Wildman–Crippen LogP) is 6.15. The summed E-state index contributed by atoms with van der Waals surface area (Å²) in [5.41, 5.74) is 10.9. The van der Waals surface area contributed by atoms with E-state index in [2.05, 4.69) is 0 Å². The van der Waals surface area contributed by atoms with Crippen molar-refractivity contribution < 1.29 is 31.4 Å². The normalized spacial score (nSPS) is 11.6. The smallest absolute Gasteiger partial charge is 0.416 e. The summed E-state index contributed by atoms with van der Waals surface area (Å²) >= 11 is 0. The summed E-state index contributed by atoms with van der Waals surface area (Å²) in [6.45, 7) is -0.107. The van der Waals surface area contributed by atoms with Crippen molar-refractivity contribution in [3.05, 3.63) is 82.9 Å². The lowest BCUT2D eigenvalue weighted by molar-refractivity contribution is -0.137. The molecular weight excluding hydrogens is 419 g/mol. The third kappa shape index (κ3) is 5.50. The van der Waals surface area contributed by atoms with Crippen LogP contribution in [0.5, 0.6) is 23.0 Å². The summed E-state index contributed by atoms with van der Waals surface area (Å²) in [6.07, 6.45) is -7.09. The first kappa shape index (κ1) is 22.5. The fourth-order valence-electron chi connectivity index (χ4n) is 2.84. The molecule has 0 saturated heterocycles. The van der Waals surface area contributed by atoms with Crippen LogP contribution in [0.1, 0.15) is 28.7 Å². The van der Waals surface area contributed by atoms with Gasteiger partial charge in [-0.25, -0.2) is 8.78 Å².